The highest BCUT2D eigenvalue weighted by Crippen LogP contribution is 2.62. The first-order valence-electron chi connectivity index (χ1n) is 12.3. The van der Waals surface area contributed by atoms with Gasteiger partial charge in [0.15, 0.2) is 5.78 Å². The minimum Gasteiger partial charge on any atom is -0.454 e. The molecule has 1 aromatic carbocycles. The topological polar surface area (TPSA) is 83.8 Å². The molecule has 36 heavy (non-hydrogen) atoms. The van der Waals surface area contributed by atoms with Gasteiger partial charge in [0.05, 0.1) is 23.1 Å². The van der Waals surface area contributed by atoms with Gasteiger partial charge in [-0.1, -0.05) is 39.5 Å². The summed E-state index contributed by atoms with van der Waals surface area (Å²) in [5.41, 5.74) is -2.57. The molecule has 1 unspecified atom stereocenters. The third kappa shape index (κ3) is 4.43. The van der Waals surface area contributed by atoms with E-state index in [2.05, 4.69) is 20.4 Å². The van der Waals surface area contributed by atoms with Crippen molar-refractivity contribution in [3.05, 3.63) is 59.2 Å². The SMILES string of the molecule is C=C1CC[C@H]2[C@@H](/C=C(\C)C(=O)[C@@]3(O)C[C@H](C)[C@H](O)[C@@H]3C1OC(=O)c1cccc(C(F)(F)F)c1)C2(C)C. The Morgan fingerprint density at radius 2 is 1.92 bits per heavy atom. The van der Waals surface area contributed by atoms with E-state index in [-0.39, 0.29) is 29.2 Å². The zero-order chi connectivity index (χ0) is 26.8. The number of Topliss-reactive ketones (excluding diaryl/α,β-unsaturated/α-hetero) is 1. The number of ketones is 1. The molecule has 0 aromatic heterocycles. The summed E-state index contributed by atoms with van der Waals surface area (Å²) in [7, 11) is 0. The van der Waals surface area contributed by atoms with Crippen LogP contribution in [0.3, 0.4) is 0 Å². The van der Waals surface area contributed by atoms with Crippen LogP contribution in [0.2, 0.25) is 0 Å². The number of rotatable bonds is 2. The molecule has 8 heteroatoms. The Labute approximate surface area is 209 Å². The van der Waals surface area contributed by atoms with E-state index in [0.717, 1.165) is 12.1 Å². The molecule has 2 saturated carbocycles. The summed E-state index contributed by atoms with van der Waals surface area (Å²) in [4.78, 5) is 26.7. The Morgan fingerprint density at radius 3 is 2.56 bits per heavy atom. The zero-order valence-corrected chi connectivity index (χ0v) is 20.9. The number of aliphatic hydroxyl groups is 2. The number of hydrogen-bond donors (Lipinski definition) is 2. The van der Waals surface area contributed by atoms with Gasteiger partial charge >= 0.3 is 12.1 Å². The minimum atomic E-state index is -4.64. The van der Waals surface area contributed by atoms with Crippen LogP contribution in [0.15, 0.2) is 48.1 Å². The molecule has 5 nitrogen and oxygen atoms in total. The van der Waals surface area contributed by atoms with Crippen LogP contribution in [0.5, 0.6) is 0 Å². The van der Waals surface area contributed by atoms with Gasteiger partial charge in [-0.3, -0.25) is 4.79 Å². The van der Waals surface area contributed by atoms with Gasteiger partial charge in [0.2, 0.25) is 0 Å². The molecule has 3 aliphatic carbocycles. The van der Waals surface area contributed by atoms with Crippen LogP contribution in [0.25, 0.3) is 0 Å². The van der Waals surface area contributed by atoms with Crippen LogP contribution in [0.4, 0.5) is 13.2 Å². The monoisotopic (exact) mass is 506 g/mol. The number of hydrogen-bond acceptors (Lipinski definition) is 5. The largest absolute Gasteiger partial charge is 0.454 e. The van der Waals surface area contributed by atoms with Crippen LogP contribution >= 0.6 is 0 Å². The number of fused-ring (bicyclic) bond motifs is 2. The Hall–Kier alpha value is -2.45. The summed E-state index contributed by atoms with van der Waals surface area (Å²) in [5.74, 6) is -2.86. The Kier molecular flexibility index (Phi) is 6.53. The van der Waals surface area contributed by atoms with Crippen molar-refractivity contribution in [2.45, 2.75) is 70.9 Å². The lowest BCUT2D eigenvalue weighted by molar-refractivity contribution is -0.145. The van der Waals surface area contributed by atoms with Crippen molar-refractivity contribution in [1.29, 1.82) is 0 Å². The molecule has 0 bridgehead atoms. The van der Waals surface area contributed by atoms with Gasteiger partial charge in [-0.15, -0.1) is 0 Å². The van der Waals surface area contributed by atoms with Crippen LogP contribution in [0.1, 0.15) is 62.9 Å². The summed E-state index contributed by atoms with van der Waals surface area (Å²) in [6.07, 6.45) is -4.11. The molecule has 1 aromatic rings. The highest BCUT2D eigenvalue weighted by atomic mass is 19.4. The normalized spacial score (nSPS) is 37.8. The molecular weight excluding hydrogens is 473 g/mol. The Balaban J connectivity index is 1.74. The van der Waals surface area contributed by atoms with Crippen molar-refractivity contribution in [1.82, 2.24) is 0 Å². The second-order valence-electron chi connectivity index (χ2n) is 11.4. The van der Waals surface area contributed by atoms with Crippen molar-refractivity contribution in [3.8, 4) is 0 Å². The fourth-order valence-corrected chi connectivity index (χ4v) is 6.31. The number of carbonyl (C=O) groups is 2. The molecular formula is C28H33F3O5. The Morgan fingerprint density at radius 1 is 1.25 bits per heavy atom. The van der Waals surface area contributed by atoms with E-state index in [0.29, 0.717) is 30.1 Å². The number of esters is 1. The molecule has 2 fully saturated rings. The summed E-state index contributed by atoms with van der Waals surface area (Å²) < 4.78 is 45.3. The van der Waals surface area contributed by atoms with Gasteiger partial charge in [-0.2, -0.15) is 13.2 Å². The maximum absolute atomic E-state index is 13.6. The highest BCUT2D eigenvalue weighted by Gasteiger charge is 2.61. The predicted octanol–water partition coefficient (Wildman–Crippen LogP) is 5.12. The smallest absolute Gasteiger partial charge is 0.416 e. The van der Waals surface area contributed by atoms with Gasteiger partial charge < -0.3 is 14.9 Å². The number of aliphatic hydroxyl groups excluding tert-OH is 1. The van der Waals surface area contributed by atoms with Gasteiger partial charge in [0, 0.05) is 0 Å². The fraction of sp³-hybridized carbons (Fsp3) is 0.571. The van der Waals surface area contributed by atoms with Gasteiger partial charge in [-0.25, -0.2) is 4.79 Å². The first-order chi connectivity index (χ1) is 16.6. The lowest BCUT2D eigenvalue weighted by atomic mass is 9.77. The number of ether oxygens (including phenoxy) is 1. The first-order valence-corrected chi connectivity index (χ1v) is 12.3. The Bertz CT molecular complexity index is 1120. The zero-order valence-electron chi connectivity index (χ0n) is 20.9. The molecule has 0 radical (unpaired) electrons. The average Bonchev–Trinajstić information content (AvgIpc) is 3.22. The van der Waals surface area contributed by atoms with Gasteiger partial charge in [-0.05, 0) is 78.7 Å². The number of carbonyl (C=O) groups excluding carboxylic acids is 2. The molecule has 7 atom stereocenters. The highest BCUT2D eigenvalue weighted by molar-refractivity contribution is 6.02. The maximum Gasteiger partial charge on any atom is 0.416 e. The van der Waals surface area contributed by atoms with E-state index in [1.165, 1.54) is 6.07 Å². The third-order valence-corrected chi connectivity index (χ3v) is 8.62. The van der Waals surface area contributed by atoms with E-state index in [1.54, 1.807) is 13.8 Å². The maximum atomic E-state index is 13.6. The summed E-state index contributed by atoms with van der Waals surface area (Å²) >= 11 is 0. The van der Waals surface area contributed by atoms with E-state index in [9.17, 15) is 33.0 Å². The molecule has 0 heterocycles. The fourth-order valence-electron chi connectivity index (χ4n) is 6.31. The second-order valence-corrected chi connectivity index (χ2v) is 11.4. The molecule has 2 N–H and O–H groups in total. The van der Waals surface area contributed by atoms with E-state index >= 15 is 0 Å². The summed E-state index contributed by atoms with van der Waals surface area (Å²) in [5, 5.41) is 22.8. The van der Waals surface area contributed by atoms with Gasteiger partial charge in [0.25, 0.3) is 0 Å². The molecule has 3 aliphatic rings. The van der Waals surface area contributed by atoms with Crippen LogP contribution in [-0.4, -0.2) is 39.8 Å². The number of benzene rings is 1. The van der Waals surface area contributed by atoms with E-state index < -0.39 is 53.1 Å². The first kappa shape index (κ1) is 26.6. The molecule has 196 valence electrons. The molecule has 0 spiro atoms. The molecule has 0 saturated heterocycles. The number of alkyl halides is 3. The van der Waals surface area contributed by atoms with Crippen molar-refractivity contribution in [2.24, 2.45) is 29.1 Å². The molecule has 0 aliphatic heterocycles. The van der Waals surface area contributed by atoms with Crippen LogP contribution in [-0.2, 0) is 15.7 Å². The third-order valence-electron chi connectivity index (χ3n) is 8.62. The second kappa shape index (κ2) is 8.84. The van der Waals surface area contributed by atoms with Crippen molar-refractivity contribution in [3.63, 3.8) is 0 Å². The molecule has 4 rings (SSSR count). The average molecular weight is 507 g/mol. The van der Waals surface area contributed by atoms with Crippen LogP contribution < -0.4 is 0 Å². The lowest BCUT2D eigenvalue weighted by Crippen LogP contribution is -2.52. The lowest BCUT2D eigenvalue weighted by Gasteiger charge is -2.36. The van der Waals surface area contributed by atoms with E-state index in [1.807, 2.05) is 6.08 Å². The van der Waals surface area contributed by atoms with Crippen molar-refractivity contribution < 1.29 is 37.7 Å². The summed E-state index contributed by atoms with van der Waals surface area (Å²) in [6.45, 7) is 11.6. The van der Waals surface area contributed by atoms with Crippen molar-refractivity contribution in [2.75, 3.05) is 0 Å². The minimum absolute atomic E-state index is 0.0365. The van der Waals surface area contributed by atoms with Crippen molar-refractivity contribution >= 4 is 11.8 Å². The van der Waals surface area contributed by atoms with Gasteiger partial charge in [0.1, 0.15) is 11.7 Å². The predicted molar refractivity (Wildman–Crippen MR) is 127 cm³/mol. The molecule has 0 amide bonds. The van der Waals surface area contributed by atoms with E-state index in [4.69, 9.17) is 4.74 Å². The number of halogens is 3. The summed E-state index contributed by atoms with van der Waals surface area (Å²) in [6, 6.07) is 3.87. The number of allylic oxidation sites excluding steroid dienone is 1. The standard InChI is InChI=1S/C28H33F3O5/c1-14-9-10-19-20(26(19,4)5)11-15(2)24(33)27(35)13-16(3)22(32)21(27)23(14)36-25(34)17-7-6-8-18(12-17)28(29,30)31/h6-8,11-12,16,19-23,32,35H,1,9-10,13H2,2-5H3/b15-11+/t16-,19-,20+,21+,22-,23?,27+/m0/s1. The quantitative estimate of drug-likeness (QED) is 0.430. The van der Waals surface area contributed by atoms with Crippen LogP contribution in [0, 0.1) is 29.1 Å².